The van der Waals surface area contributed by atoms with Crippen LogP contribution in [-0.2, 0) is 11.2 Å². The molecule has 4 nitrogen and oxygen atoms in total. The molecule has 2 aromatic rings. The molecule has 4 heteroatoms. The lowest BCUT2D eigenvalue weighted by molar-refractivity contribution is -0.131. The molecule has 1 amide bonds. The number of carbonyl (C=O) groups excluding carboxylic acids is 1. The fourth-order valence-corrected chi connectivity index (χ4v) is 4.16. The molecule has 0 spiro atoms. The Balaban J connectivity index is 1.45. The minimum Gasteiger partial charge on any atom is -0.361 e. The van der Waals surface area contributed by atoms with E-state index in [0.29, 0.717) is 12.5 Å². The van der Waals surface area contributed by atoms with Crippen LogP contribution in [0.1, 0.15) is 31.2 Å². The van der Waals surface area contributed by atoms with Gasteiger partial charge in [0.05, 0.1) is 6.42 Å². The maximum atomic E-state index is 12.8. The van der Waals surface area contributed by atoms with Crippen LogP contribution in [0.5, 0.6) is 0 Å². The second-order valence-corrected chi connectivity index (χ2v) is 6.93. The van der Waals surface area contributed by atoms with Gasteiger partial charge in [-0.3, -0.25) is 4.79 Å². The van der Waals surface area contributed by atoms with Crippen LogP contribution in [0.2, 0.25) is 0 Å². The zero-order valence-corrected chi connectivity index (χ0v) is 13.6. The highest BCUT2D eigenvalue weighted by atomic mass is 16.2. The summed E-state index contributed by atoms with van der Waals surface area (Å²) in [7, 11) is 0. The maximum absolute atomic E-state index is 12.8. The van der Waals surface area contributed by atoms with Crippen molar-refractivity contribution in [2.45, 2.75) is 38.1 Å². The molecule has 122 valence electrons. The van der Waals surface area contributed by atoms with Crippen LogP contribution in [0.15, 0.2) is 30.5 Å². The van der Waals surface area contributed by atoms with Gasteiger partial charge in [-0.1, -0.05) is 18.2 Å². The number of nitrogens with zero attached hydrogens (tertiary/aromatic N) is 2. The maximum Gasteiger partial charge on any atom is 0.227 e. The van der Waals surface area contributed by atoms with Gasteiger partial charge >= 0.3 is 0 Å². The Labute approximate surface area is 137 Å². The highest BCUT2D eigenvalue weighted by Gasteiger charge is 2.30. The smallest absolute Gasteiger partial charge is 0.227 e. The van der Waals surface area contributed by atoms with Crippen molar-refractivity contribution in [2.75, 3.05) is 26.2 Å². The number of nitrogens with one attached hydrogen (secondary N) is 1. The van der Waals surface area contributed by atoms with Crippen LogP contribution < -0.4 is 0 Å². The van der Waals surface area contributed by atoms with Crippen LogP contribution in [-0.4, -0.2) is 52.9 Å². The van der Waals surface area contributed by atoms with E-state index in [-0.39, 0.29) is 5.91 Å². The number of hydrogen-bond acceptors (Lipinski definition) is 2. The van der Waals surface area contributed by atoms with E-state index in [1.807, 2.05) is 18.3 Å². The summed E-state index contributed by atoms with van der Waals surface area (Å²) in [6.07, 6.45) is 7.45. The second kappa shape index (κ2) is 6.36. The van der Waals surface area contributed by atoms with Crippen molar-refractivity contribution in [3.63, 3.8) is 0 Å². The third-order valence-electron chi connectivity index (χ3n) is 5.38. The number of rotatable bonds is 4. The Hall–Kier alpha value is -1.81. The van der Waals surface area contributed by atoms with Crippen molar-refractivity contribution < 1.29 is 4.79 Å². The molecule has 1 atom stereocenters. The Kier molecular flexibility index (Phi) is 4.08. The normalized spacial score (nSPS) is 22.3. The van der Waals surface area contributed by atoms with Crippen LogP contribution in [0.3, 0.4) is 0 Å². The van der Waals surface area contributed by atoms with E-state index in [9.17, 15) is 4.79 Å². The van der Waals surface area contributed by atoms with Gasteiger partial charge in [0.2, 0.25) is 5.91 Å². The number of H-pyrrole nitrogens is 1. The monoisotopic (exact) mass is 311 g/mol. The van der Waals surface area contributed by atoms with E-state index < -0.39 is 0 Å². The van der Waals surface area contributed by atoms with Crippen molar-refractivity contribution >= 4 is 16.8 Å². The fourth-order valence-electron chi connectivity index (χ4n) is 4.16. The number of likely N-dealkylation sites (tertiary alicyclic amines) is 2. The lowest BCUT2D eigenvalue weighted by atomic mass is 10.1. The zero-order valence-electron chi connectivity index (χ0n) is 13.6. The predicted octanol–water partition coefficient (Wildman–Crippen LogP) is 2.80. The van der Waals surface area contributed by atoms with Crippen molar-refractivity contribution in [2.24, 2.45) is 0 Å². The van der Waals surface area contributed by atoms with E-state index in [4.69, 9.17) is 0 Å². The lowest BCUT2D eigenvalue weighted by Gasteiger charge is -2.28. The highest BCUT2D eigenvalue weighted by molar-refractivity contribution is 5.89. The number of benzene rings is 1. The first kappa shape index (κ1) is 14.8. The van der Waals surface area contributed by atoms with E-state index in [1.54, 1.807) is 0 Å². The van der Waals surface area contributed by atoms with Crippen molar-refractivity contribution in [1.82, 2.24) is 14.8 Å². The molecule has 4 rings (SSSR count). The Morgan fingerprint density at radius 2 is 1.96 bits per heavy atom. The first-order valence-electron chi connectivity index (χ1n) is 8.88. The highest BCUT2D eigenvalue weighted by Crippen LogP contribution is 2.23. The summed E-state index contributed by atoms with van der Waals surface area (Å²) in [5.74, 6) is 0.288. The summed E-state index contributed by atoms with van der Waals surface area (Å²) in [6.45, 7) is 4.42. The second-order valence-electron chi connectivity index (χ2n) is 6.93. The number of amides is 1. The molecule has 2 aliphatic rings. The molecule has 3 heterocycles. The van der Waals surface area contributed by atoms with Crippen LogP contribution in [0, 0.1) is 0 Å². The van der Waals surface area contributed by atoms with Gasteiger partial charge in [0.15, 0.2) is 0 Å². The van der Waals surface area contributed by atoms with Gasteiger partial charge in [-0.05, 0) is 50.4 Å². The molecule has 1 unspecified atom stereocenters. The van der Waals surface area contributed by atoms with E-state index in [1.165, 1.54) is 31.3 Å². The molecule has 1 aromatic carbocycles. The van der Waals surface area contributed by atoms with Crippen LogP contribution in [0.4, 0.5) is 0 Å². The minimum absolute atomic E-state index is 0.288. The molecule has 1 N–H and O–H groups in total. The summed E-state index contributed by atoms with van der Waals surface area (Å²) >= 11 is 0. The quantitative estimate of drug-likeness (QED) is 0.943. The topological polar surface area (TPSA) is 39.3 Å². The molecule has 0 bridgehead atoms. The molecule has 1 aromatic heterocycles. The van der Waals surface area contributed by atoms with Crippen molar-refractivity contribution in [1.29, 1.82) is 0 Å². The molecular formula is C19H25N3O. The summed E-state index contributed by atoms with van der Waals surface area (Å²) in [5, 5.41) is 1.18. The molecule has 0 radical (unpaired) electrons. The molecule has 0 saturated carbocycles. The van der Waals surface area contributed by atoms with E-state index in [2.05, 4.69) is 26.9 Å². The third-order valence-corrected chi connectivity index (χ3v) is 5.38. The number of para-hydroxylation sites is 1. The van der Waals surface area contributed by atoms with Crippen LogP contribution >= 0.6 is 0 Å². The first-order chi connectivity index (χ1) is 11.3. The van der Waals surface area contributed by atoms with E-state index in [0.717, 1.165) is 37.0 Å². The molecule has 2 saturated heterocycles. The van der Waals surface area contributed by atoms with Crippen LogP contribution in [0.25, 0.3) is 10.9 Å². The van der Waals surface area contributed by atoms with Gasteiger partial charge in [0.25, 0.3) is 0 Å². The summed E-state index contributed by atoms with van der Waals surface area (Å²) in [6, 6.07) is 8.65. The minimum atomic E-state index is 0.288. The molecular weight excluding hydrogens is 286 g/mol. The Bertz CT molecular complexity index is 687. The average molecular weight is 311 g/mol. The Morgan fingerprint density at radius 3 is 2.83 bits per heavy atom. The van der Waals surface area contributed by atoms with Gasteiger partial charge in [0, 0.05) is 36.2 Å². The Morgan fingerprint density at radius 1 is 1.13 bits per heavy atom. The van der Waals surface area contributed by atoms with E-state index >= 15 is 0 Å². The largest absolute Gasteiger partial charge is 0.361 e. The number of carbonyl (C=O) groups is 1. The summed E-state index contributed by atoms with van der Waals surface area (Å²) < 4.78 is 0. The van der Waals surface area contributed by atoms with Gasteiger partial charge in [-0.2, -0.15) is 0 Å². The molecule has 2 fully saturated rings. The lowest BCUT2D eigenvalue weighted by Crippen LogP contribution is -2.43. The SMILES string of the molecule is O=C(Cc1c[nH]c2ccccc12)N1CCCC1CN1CCCC1. The zero-order chi connectivity index (χ0) is 15.6. The standard InChI is InChI=1S/C19H25N3O/c23-19(12-15-13-20-18-8-2-1-7-17(15)18)22-11-5-6-16(22)14-21-9-3-4-10-21/h1-2,7-8,13,16,20H,3-6,9-12,14H2. The predicted molar refractivity (Wildman–Crippen MR) is 92.4 cm³/mol. The summed E-state index contributed by atoms with van der Waals surface area (Å²) in [4.78, 5) is 20.8. The first-order valence-corrected chi connectivity index (χ1v) is 8.88. The molecule has 2 aliphatic heterocycles. The van der Waals surface area contributed by atoms with Gasteiger partial charge in [-0.25, -0.2) is 0 Å². The number of aromatic amines is 1. The number of fused-ring (bicyclic) bond motifs is 1. The van der Waals surface area contributed by atoms with Gasteiger partial charge in [0.1, 0.15) is 0 Å². The number of aromatic nitrogens is 1. The molecule has 0 aliphatic carbocycles. The van der Waals surface area contributed by atoms with Crippen molar-refractivity contribution in [3.05, 3.63) is 36.0 Å². The third kappa shape index (κ3) is 3.00. The fraction of sp³-hybridized carbons (Fsp3) is 0.526. The van der Waals surface area contributed by atoms with Crippen molar-refractivity contribution in [3.8, 4) is 0 Å². The molecule has 23 heavy (non-hydrogen) atoms. The average Bonchev–Trinajstić information content (AvgIpc) is 3.29. The summed E-state index contributed by atoms with van der Waals surface area (Å²) in [5.41, 5.74) is 2.24. The van der Waals surface area contributed by atoms with Gasteiger partial charge < -0.3 is 14.8 Å². The number of hydrogen-bond donors (Lipinski definition) is 1. The van der Waals surface area contributed by atoms with Gasteiger partial charge in [-0.15, -0.1) is 0 Å².